The Hall–Kier alpha value is -2.89. The highest BCUT2D eigenvalue weighted by atomic mass is 16.2. The molecule has 2 heterocycles. The lowest BCUT2D eigenvalue weighted by molar-refractivity contribution is -0.124. The van der Waals surface area contributed by atoms with Crippen LogP contribution in [0.15, 0.2) is 42.9 Å². The molecule has 1 atom stereocenters. The van der Waals surface area contributed by atoms with E-state index in [9.17, 15) is 9.59 Å². The molecule has 1 unspecified atom stereocenters. The van der Waals surface area contributed by atoms with E-state index in [0.717, 1.165) is 10.9 Å². The number of para-hydroxylation sites is 1. The van der Waals surface area contributed by atoms with Crippen LogP contribution in [-0.2, 0) is 11.3 Å². The molecule has 0 radical (unpaired) electrons. The number of nitrogens with zero attached hydrogens (tertiary/aromatic N) is 2. The Bertz CT molecular complexity index is 864. The highest BCUT2D eigenvalue weighted by Crippen LogP contribution is 2.26. The van der Waals surface area contributed by atoms with Crippen LogP contribution in [0.25, 0.3) is 10.9 Å². The fraction of sp³-hybridized carbons (Fsp3) is 0.278. The number of amides is 1. The number of benzene rings is 1. The number of aromatic nitrogens is 3. The number of nitrogens with one attached hydrogen (secondary N) is 2. The second kappa shape index (κ2) is 6.70. The summed E-state index contributed by atoms with van der Waals surface area (Å²) in [5, 5.41) is 3.78. The van der Waals surface area contributed by atoms with E-state index < -0.39 is 0 Å². The number of H-pyrrole nitrogens is 1. The van der Waals surface area contributed by atoms with Gasteiger partial charge in [0.1, 0.15) is 11.9 Å². The van der Waals surface area contributed by atoms with Gasteiger partial charge in [-0.25, -0.2) is 4.98 Å². The molecule has 24 heavy (non-hydrogen) atoms. The van der Waals surface area contributed by atoms with Crippen LogP contribution in [0.2, 0.25) is 0 Å². The second-order valence-corrected chi connectivity index (χ2v) is 5.70. The Labute approximate surface area is 139 Å². The van der Waals surface area contributed by atoms with E-state index in [1.807, 2.05) is 35.8 Å². The van der Waals surface area contributed by atoms with Gasteiger partial charge in [0, 0.05) is 35.1 Å². The molecule has 3 rings (SSSR count). The molecule has 2 N–H and O–H groups in total. The van der Waals surface area contributed by atoms with E-state index in [2.05, 4.69) is 15.3 Å². The molecule has 0 aliphatic carbocycles. The third-order valence-corrected chi connectivity index (χ3v) is 4.13. The van der Waals surface area contributed by atoms with Gasteiger partial charge in [-0.2, -0.15) is 0 Å². The molecule has 6 nitrogen and oxygen atoms in total. The molecule has 0 aliphatic heterocycles. The number of carbonyl (C=O) groups is 2. The van der Waals surface area contributed by atoms with Crippen LogP contribution < -0.4 is 5.32 Å². The minimum absolute atomic E-state index is 0.00389. The number of fused-ring (bicyclic) bond motifs is 1. The lowest BCUT2D eigenvalue weighted by atomic mass is 10.1. The van der Waals surface area contributed by atoms with E-state index >= 15 is 0 Å². The summed E-state index contributed by atoms with van der Waals surface area (Å²) >= 11 is 0. The molecule has 0 fully saturated rings. The third kappa shape index (κ3) is 2.95. The van der Waals surface area contributed by atoms with Crippen LogP contribution >= 0.6 is 0 Å². The zero-order chi connectivity index (χ0) is 17.1. The number of Topliss-reactive ketones (excluding diaryl/α,β-unsaturated/α-hetero) is 1. The van der Waals surface area contributed by atoms with Crippen molar-refractivity contribution in [2.45, 2.75) is 32.9 Å². The number of carbonyl (C=O) groups excluding carboxylic acids is 2. The van der Waals surface area contributed by atoms with Crippen LogP contribution in [0.3, 0.4) is 0 Å². The molecule has 0 saturated carbocycles. The van der Waals surface area contributed by atoms with E-state index in [1.54, 1.807) is 25.5 Å². The number of aromatic amines is 1. The zero-order valence-electron chi connectivity index (χ0n) is 13.7. The maximum atomic E-state index is 12.6. The Morgan fingerprint density at radius 2 is 2.12 bits per heavy atom. The van der Waals surface area contributed by atoms with Gasteiger partial charge in [-0.3, -0.25) is 9.59 Å². The minimum Gasteiger partial charge on any atom is -0.347 e. The van der Waals surface area contributed by atoms with Crippen LogP contribution in [-0.4, -0.2) is 26.2 Å². The van der Waals surface area contributed by atoms with Crippen molar-refractivity contribution in [3.8, 4) is 0 Å². The summed E-state index contributed by atoms with van der Waals surface area (Å²) < 4.78 is 1.89. The van der Waals surface area contributed by atoms with Gasteiger partial charge >= 0.3 is 0 Å². The molecule has 0 aliphatic rings. The van der Waals surface area contributed by atoms with Gasteiger partial charge in [0.15, 0.2) is 5.78 Å². The first kappa shape index (κ1) is 16.0. The summed E-state index contributed by atoms with van der Waals surface area (Å²) in [4.78, 5) is 31.6. The van der Waals surface area contributed by atoms with Gasteiger partial charge < -0.3 is 14.9 Å². The van der Waals surface area contributed by atoms with E-state index in [0.29, 0.717) is 24.4 Å². The van der Waals surface area contributed by atoms with Gasteiger partial charge in [0.2, 0.25) is 5.91 Å². The average Bonchev–Trinajstić information content (AvgIpc) is 3.22. The van der Waals surface area contributed by atoms with Crippen LogP contribution in [0.1, 0.15) is 42.5 Å². The minimum atomic E-state index is -0.377. The second-order valence-electron chi connectivity index (χ2n) is 5.70. The zero-order valence-corrected chi connectivity index (χ0v) is 13.7. The fourth-order valence-corrected chi connectivity index (χ4v) is 2.93. The highest BCUT2D eigenvalue weighted by Gasteiger charge is 2.22. The summed E-state index contributed by atoms with van der Waals surface area (Å²) in [5.74, 6) is 0.612. The molecule has 0 saturated heterocycles. The summed E-state index contributed by atoms with van der Waals surface area (Å²) in [6.45, 7) is 3.85. The highest BCUT2D eigenvalue weighted by molar-refractivity contribution is 6.07. The summed E-state index contributed by atoms with van der Waals surface area (Å²) in [6.07, 6.45) is 5.78. The number of rotatable bonds is 6. The van der Waals surface area contributed by atoms with Crippen molar-refractivity contribution in [1.82, 2.24) is 19.9 Å². The first-order chi connectivity index (χ1) is 11.6. The van der Waals surface area contributed by atoms with E-state index in [1.165, 1.54) is 0 Å². The molecule has 3 aromatic rings. The lowest BCUT2D eigenvalue weighted by Crippen LogP contribution is -2.32. The third-order valence-electron chi connectivity index (χ3n) is 4.13. The quantitative estimate of drug-likeness (QED) is 0.684. The van der Waals surface area contributed by atoms with Crippen LogP contribution in [0.4, 0.5) is 0 Å². The van der Waals surface area contributed by atoms with Gasteiger partial charge in [0.25, 0.3) is 0 Å². The summed E-state index contributed by atoms with van der Waals surface area (Å²) in [7, 11) is 0. The molecule has 1 amide bonds. The Morgan fingerprint density at radius 3 is 2.79 bits per heavy atom. The maximum absolute atomic E-state index is 12.6. The normalized spacial score (nSPS) is 12.2. The van der Waals surface area contributed by atoms with E-state index in [4.69, 9.17) is 0 Å². The van der Waals surface area contributed by atoms with Crippen LogP contribution in [0.5, 0.6) is 0 Å². The van der Waals surface area contributed by atoms with Crippen molar-refractivity contribution in [3.05, 3.63) is 54.2 Å². The Morgan fingerprint density at radius 1 is 1.33 bits per heavy atom. The first-order valence-corrected chi connectivity index (χ1v) is 7.98. The van der Waals surface area contributed by atoms with Crippen molar-refractivity contribution in [1.29, 1.82) is 0 Å². The molecule has 6 heteroatoms. The molecule has 0 spiro atoms. The fourth-order valence-electron chi connectivity index (χ4n) is 2.93. The molecular formula is C18H20N4O2. The number of hydrogen-bond acceptors (Lipinski definition) is 3. The summed E-state index contributed by atoms with van der Waals surface area (Å²) in [5.41, 5.74) is 1.53. The maximum Gasteiger partial charge on any atom is 0.243 e. The van der Waals surface area contributed by atoms with Crippen molar-refractivity contribution >= 4 is 22.6 Å². The standard InChI is InChI=1S/C18H20N4O2/c1-3-15(18(24)21-10-17-19-8-9-20-17)22-11-14(12(2)23)13-6-4-5-7-16(13)22/h4-9,11,15H,3,10H2,1-2H3,(H,19,20)(H,21,24). The number of ketones is 1. The topological polar surface area (TPSA) is 79.8 Å². The molecule has 1 aromatic carbocycles. The number of hydrogen-bond donors (Lipinski definition) is 2. The molecule has 0 bridgehead atoms. The Kier molecular flexibility index (Phi) is 4.46. The lowest BCUT2D eigenvalue weighted by Gasteiger charge is -2.18. The predicted molar refractivity (Wildman–Crippen MR) is 91.7 cm³/mol. The molecule has 2 aromatic heterocycles. The van der Waals surface area contributed by atoms with E-state index in [-0.39, 0.29) is 17.7 Å². The van der Waals surface area contributed by atoms with Crippen molar-refractivity contribution in [3.63, 3.8) is 0 Å². The first-order valence-electron chi connectivity index (χ1n) is 7.98. The Balaban J connectivity index is 1.91. The smallest absolute Gasteiger partial charge is 0.243 e. The van der Waals surface area contributed by atoms with Gasteiger partial charge in [-0.05, 0) is 19.4 Å². The SMILES string of the molecule is CCC(C(=O)NCc1ncc[nH]1)n1cc(C(C)=O)c2ccccc21. The van der Waals surface area contributed by atoms with Crippen molar-refractivity contribution < 1.29 is 9.59 Å². The molecular weight excluding hydrogens is 304 g/mol. The van der Waals surface area contributed by atoms with Crippen molar-refractivity contribution in [2.24, 2.45) is 0 Å². The molecule has 124 valence electrons. The monoisotopic (exact) mass is 324 g/mol. The summed E-state index contributed by atoms with van der Waals surface area (Å²) in [6, 6.07) is 7.28. The van der Waals surface area contributed by atoms with Crippen LogP contribution in [0, 0.1) is 0 Å². The largest absolute Gasteiger partial charge is 0.347 e. The number of imidazole rings is 1. The van der Waals surface area contributed by atoms with Gasteiger partial charge in [-0.1, -0.05) is 25.1 Å². The average molecular weight is 324 g/mol. The van der Waals surface area contributed by atoms with Gasteiger partial charge in [-0.15, -0.1) is 0 Å². The predicted octanol–water partition coefficient (Wildman–Crippen LogP) is 2.83. The van der Waals surface area contributed by atoms with Gasteiger partial charge in [0.05, 0.1) is 6.54 Å². The van der Waals surface area contributed by atoms with Crippen molar-refractivity contribution in [2.75, 3.05) is 0 Å².